The number of rotatable bonds is 6. The molecule has 0 bridgehead atoms. The summed E-state index contributed by atoms with van der Waals surface area (Å²) in [6.45, 7) is 4.59. The summed E-state index contributed by atoms with van der Waals surface area (Å²) in [6.07, 6.45) is 1.89. The van der Waals surface area contributed by atoms with E-state index >= 15 is 0 Å². The van der Waals surface area contributed by atoms with Crippen LogP contribution in [0.4, 0.5) is 0 Å². The monoisotopic (exact) mass is 356 g/mol. The Labute approximate surface area is 147 Å². The first-order valence-electron chi connectivity index (χ1n) is 7.36. The SMILES string of the molecule is CCc1ccc(CC)c(OCc2c(Cl)cccc2C(Cl)Cl)c1. The second-order valence-corrected chi connectivity index (χ2v) is 6.55. The third kappa shape index (κ3) is 4.10. The molecule has 0 fully saturated rings. The zero-order valence-electron chi connectivity index (χ0n) is 12.7. The predicted octanol–water partition coefficient (Wildman–Crippen LogP) is 6.52. The standard InChI is InChI=1S/C18H19Cl3O/c1-3-12-8-9-13(4-2)17(10-12)22-11-15-14(18(20)21)6-5-7-16(15)19/h5-10,18H,3-4,11H2,1-2H3. The van der Waals surface area contributed by atoms with Gasteiger partial charge in [-0.05, 0) is 41.7 Å². The minimum absolute atomic E-state index is 0.352. The van der Waals surface area contributed by atoms with Crippen molar-refractivity contribution in [3.63, 3.8) is 0 Å². The van der Waals surface area contributed by atoms with Crippen LogP contribution in [-0.2, 0) is 19.4 Å². The molecule has 0 N–H and O–H groups in total. The molecule has 0 heterocycles. The van der Waals surface area contributed by atoms with Gasteiger partial charge in [-0.2, -0.15) is 0 Å². The van der Waals surface area contributed by atoms with Crippen LogP contribution >= 0.6 is 34.8 Å². The zero-order chi connectivity index (χ0) is 16.1. The molecule has 2 aromatic carbocycles. The average Bonchev–Trinajstić information content (AvgIpc) is 2.53. The molecule has 0 aliphatic heterocycles. The minimum Gasteiger partial charge on any atom is -0.489 e. The molecule has 0 radical (unpaired) electrons. The number of aryl methyl sites for hydroxylation is 2. The molecule has 0 aromatic heterocycles. The fraction of sp³-hybridized carbons (Fsp3) is 0.333. The van der Waals surface area contributed by atoms with Gasteiger partial charge in [-0.15, -0.1) is 23.2 Å². The maximum atomic E-state index is 6.27. The molecule has 0 atom stereocenters. The Morgan fingerprint density at radius 3 is 2.45 bits per heavy atom. The molecular weight excluding hydrogens is 339 g/mol. The molecule has 2 aromatic rings. The third-order valence-electron chi connectivity index (χ3n) is 3.68. The Kier molecular flexibility index (Phi) is 6.43. The predicted molar refractivity (Wildman–Crippen MR) is 95.4 cm³/mol. The summed E-state index contributed by atoms with van der Waals surface area (Å²) in [5.74, 6) is 0.897. The molecule has 0 spiro atoms. The van der Waals surface area contributed by atoms with E-state index < -0.39 is 4.84 Å². The molecule has 0 saturated heterocycles. The van der Waals surface area contributed by atoms with Gasteiger partial charge in [0.1, 0.15) is 17.2 Å². The van der Waals surface area contributed by atoms with Crippen LogP contribution in [0.25, 0.3) is 0 Å². The zero-order valence-corrected chi connectivity index (χ0v) is 15.0. The van der Waals surface area contributed by atoms with Crippen molar-refractivity contribution in [1.82, 2.24) is 0 Å². The topological polar surface area (TPSA) is 9.23 Å². The van der Waals surface area contributed by atoms with Crippen LogP contribution < -0.4 is 4.74 Å². The van der Waals surface area contributed by atoms with Gasteiger partial charge in [-0.25, -0.2) is 0 Å². The van der Waals surface area contributed by atoms with Gasteiger partial charge < -0.3 is 4.74 Å². The van der Waals surface area contributed by atoms with Crippen molar-refractivity contribution in [2.45, 2.75) is 38.1 Å². The highest BCUT2D eigenvalue weighted by molar-refractivity contribution is 6.44. The summed E-state index contributed by atoms with van der Waals surface area (Å²) in [4.78, 5) is -0.620. The number of ether oxygens (including phenoxy) is 1. The molecule has 4 heteroatoms. The molecule has 1 nitrogen and oxygen atoms in total. The minimum atomic E-state index is -0.620. The molecule has 0 unspecified atom stereocenters. The smallest absolute Gasteiger partial charge is 0.133 e. The second-order valence-electron chi connectivity index (χ2n) is 5.05. The second kappa shape index (κ2) is 8.10. The molecule has 22 heavy (non-hydrogen) atoms. The number of halogens is 3. The number of hydrogen-bond donors (Lipinski definition) is 0. The lowest BCUT2D eigenvalue weighted by Gasteiger charge is -2.16. The van der Waals surface area contributed by atoms with Crippen LogP contribution in [0.1, 0.15) is 40.9 Å². The van der Waals surface area contributed by atoms with Crippen LogP contribution in [0.15, 0.2) is 36.4 Å². The van der Waals surface area contributed by atoms with E-state index in [4.69, 9.17) is 39.5 Å². The van der Waals surface area contributed by atoms with E-state index in [-0.39, 0.29) is 0 Å². The number of hydrogen-bond acceptors (Lipinski definition) is 1. The van der Waals surface area contributed by atoms with Crippen LogP contribution in [0.5, 0.6) is 5.75 Å². The fourth-order valence-corrected chi connectivity index (χ4v) is 2.97. The highest BCUT2D eigenvalue weighted by atomic mass is 35.5. The first-order chi connectivity index (χ1) is 10.6. The van der Waals surface area contributed by atoms with Crippen LogP contribution in [-0.4, -0.2) is 0 Å². The van der Waals surface area contributed by atoms with E-state index in [1.54, 1.807) is 0 Å². The van der Waals surface area contributed by atoms with Gasteiger partial charge in [0.2, 0.25) is 0 Å². The Bertz CT molecular complexity index is 638. The van der Waals surface area contributed by atoms with E-state index in [9.17, 15) is 0 Å². The van der Waals surface area contributed by atoms with E-state index in [1.165, 1.54) is 11.1 Å². The first-order valence-corrected chi connectivity index (χ1v) is 8.61. The summed E-state index contributed by atoms with van der Waals surface area (Å²) in [5, 5.41) is 0.619. The average molecular weight is 358 g/mol. The van der Waals surface area contributed by atoms with Gasteiger partial charge in [-0.1, -0.05) is 49.7 Å². The summed E-state index contributed by atoms with van der Waals surface area (Å²) in [6, 6.07) is 11.9. The maximum Gasteiger partial charge on any atom is 0.133 e. The Morgan fingerprint density at radius 1 is 1.05 bits per heavy atom. The molecule has 0 saturated carbocycles. The molecule has 0 amide bonds. The summed E-state index contributed by atoms with van der Waals surface area (Å²) in [5.41, 5.74) is 4.06. The Hall–Kier alpha value is -0.890. The van der Waals surface area contributed by atoms with Gasteiger partial charge >= 0.3 is 0 Å². The number of alkyl halides is 2. The molecule has 0 aliphatic carbocycles. The summed E-state index contributed by atoms with van der Waals surface area (Å²) in [7, 11) is 0. The third-order valence-corrected chi connectivity index (χ3v) is 4.51. The van der Waals surface area contributed by atoms with E-state index in [0.717, 1.165) is 29.7 Å². The Balaban J connectivity index is 2.27. The molecular formula is C18H19Cl3O. The maximum absolute atomic E-state index is 6.27. The first kappa shape index (κ1) is 17.5. The van der Waals surface area contributed by atoms with Crippen molar-refractivity contribution in [2.75, 3.05) is 0 Å². The lowest BCUT2D eigenvalue weighted by molar-refractivity contribution is 0.302. The van der Waals surface area contributed by atoms with Crippen molar-refractivity contribution in [1.29, 1.82) is 0 Å². The van der Waals surface area contributed by atoms with Crippen molar-refractivity contribution in [3.05, 3.63) is 63.7 Å². The fourth-order valence-electron chi connectivity index (χ4n) is 2.33. The van der Waals surface area contributed by atoms with Crippen molar-refractivity contribution >= 4 is 34.8 Å². The largest absolute Gasteiger partial charge is 0.489 e. The lowest BCUT2D eigenvalue weighted by atomic mass is 10.1. The number of benzene rings is 2. The highest BCUT2D eigenvalue weighted by Crippen LogP contribution is 2.33. The van der Waals surface area contributed by atoms with Crippen LogP contribution in [0, 0.1) is 0 Å². The van der Waals surface area contributed by atoms with Gasteiger partial charge in [-0.3, -0.25) is 0 Å². The highest BCUT2D eigenvalue weighted by Gasteiger charge is 2.14. The summed E-state index contributed by atoms with van der Waals surface area (Å²) >= 11 is 18.3. The van der Waals surface area contributed by atoms with Gasteiger partial charge in [0.15, 0.2) is 0 Å². The normalized spacial score (nSPS) is 11.0. The van der Waals surface area contributed by atoms with Crippen LogP contribution in [0.2, 0.25) is 5.02 Å². The van der Waals surface area contributed by atoms with E-state index in [0.29, 0.717) is 11.6 Å². The van der Waals surface area contributed by atoms with Gasteiger partial charge in [0, 0.05) is 10.6 Å². The van der Waals surface area contributed by atoms with E-state index in [2.05, 4.69) is 32.0 Å². The van der Waals surface area contributed by atoms with Crippen molar-refractivity contribution < 1.29 is 4.74 Å². The summed E-state index contributed by atoms with van der Waals surface area (Å²) < 4.78 is 6.03. The molecule has 2 rings (SSSR count). The molecule has 0 aliphatic rings. The van der Waals surface area contributed by atoms with Gasteiger partial charge in [0.05, 0.1) is 0 Å². The van der Waals surface area contributed by atoms with E-state index in [1.807, 2.05) is 18.2 Å². The Morgan fingerprint density at radius 2 is 1.82 bits per heavy atom. The van der Waals surface area contributed by atoms with Crippen molar-refractivity contribution in [2.24, 2.45) is 0 Å². The van der Waals surface area contributed by atoms with Crippen molar-refractivity contribution in [3.8, 4) is 5.75 Å². The quantitative estimate of drug-likeness (QED) is 0.535. The molecule has 118 valence electrons. The van der Waals surface area contributed by atoms with Crippen LogP contribution in [0.3, 0.4) is 0 Å². The van der Waals surface area contributed by atoms with Gasteiger partial charge in [0.25, 0.3) is 0 Å². The lowest BCUT2D eigenvalue weighted by Crippen LogP contribution is -2.03.